The number of thiophene rings is 1. The maximum Gasteiger partial charge on any atom is 0.342 e. The van der Waals surface area contributed by atoms with Crippen LogP contribution in [-0.2, 0) is 6.54 Å². The maximum absolute atomic E-state index is 11.2. The number of nitrogens with zero attached hydrogens (tertiary/aromatic N) is 2. The van der Waals surface area contributed by atoms with Gasteiger partial charge < -0.3 is 10.0 Å². The van der Waals surface area contributed by atoms with Crippen LogP contribution in [0.25, 0.3) is 0 Å². The van der Waals surface area contributed by atoms with Crippen molar-refractivity contribution in [2.24, 2.45) is 0 Å². The molecule has 6 nitrogen and oxygen atoms in total. The summed E-state index contributed by atoms with van der Waals surface area (Å²) in [7, 11) is 1.69. The molecule has 1 N–H and O–H groups in total. The summed E-state index contributed by atoms with van der Waals surface area (Å²) in [5, 5.41) is 22.2. The third-order valence-corrected chi connectivity index (χ3v) is 4.43. The van der Waals surface area contributed by atoms with E-state index in [2.05, 4.69) is 15.9 Å². The van der Waals surface area contributed by atoms with Crippen LogP contribution in [0.1, 0.15) is 15.9 Å². The van der Waals surface area contributed by atoms with Crippen molar-refractivity contribution in [3.05, 3.63) is 54.7 Å². The minimum Gasteiger partial charge on any atom is -0.477 e. The fourth-order valence-corrected chi connectivity index (χ4v) is 3.19. The predicted octanol–water partition coefficient (Wildman–Crippen LogP) is 3.75. The van der Waals surface area contributed by atoms with Crippen LogP contribution in [0.5, 0.6) is 0 Å². The normalized spacial score (nSPS) is 10.4. The highest BCUT2D eigenvalue weighted by molar-refractivity contribution is 9.11. The quantitative estimate of drug-likeness (QED) is 0.639. The van der Waals surface area contributed by atoms with Crippen molar-refractivity contribution in [1.29, 1.82) is 0 Å². The SMILES string of the molecule is CN(Cc1csc(Br)c1)c1cccc(C(=O)O)c1[N+](=O)[O-]. The Morgan fingerprint density at radius 3 is 2.76 bits per heavy atom. The third-order valence-electron chi connectivity index (χ3n) is 2.88. The van der Waals surface area contributed by atoms with Gasteiger partial charge in [0.25, 0.3) is 0 Å². The highest BCUT2D eigenvalue weighted by atomic mass is 79.9. The summed E-state index contributed by atoms with van der Waals surface area (Å²) in [6, 6.07) is 6.21. The molecule has 0 aliphatic heterocycles. The van der Waals surface area contributed by atoms with E-state index in [1.807, 2.05) is 11.4 Å². The average molecular weight is 371 g/mol. The van der Waals surface area contributed by atoms with E-state index in [1.165, 1.54) is 23.5 Å². The molecule has 0 fully saturated rings. The Labute approximate surface area is 132 Å². The van der Waals surface area contributed by atoms with E-state index in [4.69, 9.17) is 5.11 Å². The molecule has 0 atom stereocenters. The van der Waals surface area contributed by atoms with Gasteiger partial charge in [-0.05, 0) is 45.1 Å². The molecular formula is C13H11BrN2O4S. The molecule has 0 saturated heterocycles. The molecule has 0 bridgehead atoms. The van der Waals surface area contributed by atoms with Gasteiger partial charge in [-0.3, -0.25) is 10.1 Å². The molecule has 0 unspecified atom stereocenters. The van der Waals surface area contributed by atoms with Gasteiger partial charge in [-0.25, -0.2) is 4.79 Å². The third kappa shape index (κ3) is 3.40. The van der Waals surface area contributed by atoms with Gasteiger partial charge in [0.2, 0.25) is 0 Å². The number of para-hydroxylation sites is 1. The fourth-order valence-electron chi connectivity index (χ4n) is 1.99. The monoisotopic (exact) mass is 370 g/mol. The molecular weight excluding hydrogens is 360 g/mol. The molecule has 2 aromatic rings. The van der Waals surface area contributed by atoms with E-state index in [1.54, 1.807) is 18.0 Å². The summed E-state index contributed by atoms with van der Waals surface area (Å²) in [5.74, 6) is -1.31. The van der Waals surface area contributed by atoms with E-state index in [-0.39, 0.29) is 16.9 Å². The van der Waals surface area contributed by atoms with Gasteiger partial charge in [0.15, 0.2) is 0 Å². The number of halogens is 1. The number of anilines is 1. The summed E-state index contributed by atoms with van der Waals surface area (Å²) < 4.78 is 0.972. The van der Waals surface area contributed by atoms with Crippen molar-refractivity contribution in [1.82, 2.24) is 0 Å². The van der Waals surface area contributed by atoms with Crippen molar-refractivity contribution in [3.63, 3.8) is 0 Å². The van der Waals surface area contributed by atoms with Crippen molar-refractivity contribution in [2.45, 2.75) is 6.54 Å². The molecule has 0 spiro atoms. The Morgan fingerprint density at radius 1 is 1.52 bits per heavy atom. The molecule has 0 aliphatic rings. The second-order valence-electron chi connectivity index (χ2n) is 4.35. The number of carboxylic acids is 1. The number of hydrogen-bond acceptors (Lipinski definition) is 5. The van der Waals surface area contributed by atoms with Gasteiger partial charge in [-0.15, -0.1) is 11.3 Å². The number of hydrogen-bond donors (Lipinski definition) is 1. The van der Waals surface area contributed by atoms with E-state index < -0.39 is 10.9 Å². The van der Waals surface area contributed by atoms with E-state index in [9.17, 15) is 14.9 Å². The van der Waals surface area contributed by atoms with Gasteiger partial charge >= 0.3 is 11.7 Å². The Kier molecular flexibility index (Phi) is 4.59. The standard InChI is InChI=1S/C13H11BrN2O4S/c1-15(6-8-5-11(14)21-7-8)10-4-2-3-9(13(17)18)12(10)16(19)20/h2-5,7H,6H2,1H3,(H,17,18). The van der Waals surface area contributed by atoms with Crippen LogP contribution < -0.4 is 4.90 Å². The Hall–Kier alpha value is -1.93. The van der Waals surface area contributed by atoms with Crippen LogP contribution in [0, 0.1) is 10.1 Å². The number of benzene rings is 1. The molecule has 0 aliphatic carbocycles. The summed E-state index contributed by atoms with van der Waals surface area (Å²) in [6.07, 6.45) is 0. The van der Waals surface area contributed by atoms with Gasteiger partial charge in [-0.1, -0.05) is 6.07 Å². The number of nitro benzene ring substituents is 1. The number of carboxylic acid groups (broad SMARTS) is 1. The Bertz CT molecular complexity index is 701. The highest BCUT2D eigenvalue weighted by Gasteiger charge is 2.26. The number of aromatic carboxylic acids is 1. The number of carbonyl (C=O) groups is 1. The van der Waals surface area contributed by atoms with Gasteiger partial charge in [0.1, 0.15) is 11.3 Å². The second kappa shape index (κ2) is 6.23. The van der Waals surface area contributed by atoms with Gasteiger partial charge in [-0.2, -0.15) is 0 Å². The highest BCUT2D eigenvalue weighted by Crippen LogP contribution is 2.32. The van der Waals surface area contributed by atoms with Crippen LogP contribution >= 0.6 is 27.3 Å². The molecule has 0 radical (unpaired) electrons. The lowest BCUT2D eigenvalue weighted by molar-refractivity contribution is -0.384. The zero-order valence-electron chi connectivity index (χ0n) is 10.9. The topological polar surface area (TPSA) is 83.7 Å². The van der Waals surface area contributed by atoms with Crippen LogP contribution in [0.4, 0.5) is 11.4 Å². The van der Waals surface area contributed by atoms with E-state index >= 15 is 0 Å². The smallest absolute Gasteiger partial charge is 0.342 e. The molecule has 0 amide bonds. The van der Waals surface area contributed by atoms with Crippen molar-refractivity contribution < 1.29 is 14.8 Å². The molecule has 1 aromatic heterocycles. The van der Waals surface area contributed by atoms with Crippen molar-refractivity contribution in [2.75, 3.05) is 11.9 Å². The lowest BCUT2D eigenvalue weighted by atomic mass is 10.1. The first kappa shape index (κ1) is 15.5. The lowest BCUT2D eigenvalue weighted by Crippen LogP contribution is -2.18. The number of rotatable bonds is 5. The molecule has 1 aromatic carbocycles. The van der Waals surface area contributed by atoms with Gasteiger partial charge in [0.05, 0.1) is 8.71 Å². The molecule has 1 heterocycles. The minimum atomic E-state index is -1.31. The molecule has 0 saturated carbocycles. The average Bonchev–Trinajstić information content (AvgIpc) is 2.82. The second-order valence-corrected chi connectivity index (χ2v) is 6.64. The first-order valence-electron chi connectivity index (χ1n) is 5.85. The van der Waals surface area contributed by atoms with E-state index in [0.29, 0.717) is 6.54 Å². The fraction of sp³-hybridized carbons (Fsp3) is 0.154. The van der Waals surface area contributed by atoms with Crippen LogP contribution in [0.15, 0.2) is 33.4 Å². The van der Waals surface area contributed by atoms with Crippen LogP contribution in [0.2, 0.25) is 0 Å². The van der Waals surface area contributed by atoms with Crippen molar-refractivity contribution >= 4 is 44.6 Å². The number of nitro groups is 1. The molecule has 21 heavy (non-hydrogen) atoms. The predicted molar refractivity (Wildman–Crippen MR) is 84.2 cm³/mol. The summed E-state index contributed by atoms with van der Waals surface area (Å²) in [6.45, 7) is 0.450. The zero-order chi connectivity index (χ0) is 15.6. The first-order chi connectivity index (χ1) is 9.90. The molecule has 110 valence electrons. The summed E-state index contributed by atoms with van der Waals surface area (Å²) in [5.41, 5.74) is 0.573. The summed E-state index contributed by atoms with van der Waals surface area (Å²) >= 11 is 4.88. The maximum atomic E-state index is 11.2. The van der Waals surface area contributed by atoms with Crippen LogP contribution in [0.3, 0.4) is 0 Å². The lowest BCUT2D eigenvalue weighted by Gasteiger charge is -2.19. The van der Waals surface area contributed by atoms with Crippen molar-refractivity contribution in [3.8, 4) is 0 Å². The van der Waals surface area contributed by atoms with Gasteiger partial charge in [0, 0.05) is 13.6 Å². The zero-order valence-corrected chi connectivity index (χ0v) is 13.3. The van der Waals surface area contributed by atoms with Crippen LogP contribution in [-0.4, -0.2) is 23.0 Å². The first-order valence-corrected chi connectivity index (χ1v) is 7.52. The molecule has 8 heteroatoms. The summed E-state index contributed by atoms with van der Waals surface area (Å²) in [4.78, 5) is 23.4. The Morgan fingerprint density at radius 2 is 2.24 bits per heavy atom. The Balaban J connectivity index is 2.40. The molecule has 2 rings (SSSR count). The largest absolute Gasteiger partial charge is 0.477 e. The minimum absolute atomic E-state index is 0.280. The van der Waals surface area contributed by atoms with E-state index in [0.717, 1.165) is 9.35 Å².